The van der Waals surface area contributed by atoms with Crippen LogP contribution in [0.1, 0.15) is 73.4 Å². The molecule has 2 unspecified atom stereocenters. The Bertz CT molecular complexity index is 1210. The second kappa shape index (κ2) is 13.3. The smallest absolute Gasteiger partial charge is 0.319 e. The van der Waals surface area contributed by atoms with Gasteiger partial charge in [-0.25, -0.2) is 9.78 Å². The van der Waals surface area contributed by atoms with E-state index in [0.717, 1.165) is 36.4 Å². The van der Waals surface area contributed by atoms with Crippen LogP contribution >= 0.6 is 11.3 Å². The Labute approximate surface area is 228 Å². The molecule has 1 fully saturated rings. The van der Waals surface area contributed by atoms with E-state index < -0.39 is 0 Å². The van der Waals surface area contributed by atoms with Gasteiger partial charge in [-0.3, -0.25) is 4.79 Å². The van der Waals surface area contributed by atoms with Crippen molar-refractivity contribution in [2.75, 3.05) is 11.9 Å². The summed E-state index contributed by atoms with van der Waals surface area (Å²) in [6, 6.07) is 14.7. The fourth-order valence-electron chi connectivity index (χ4n) is 4.47. The lowest BCUT2D eigenvalue weighted by molar-refractivity contribution is 0.0911. The first-order valence-electron chi connectivity index (χ1n) is 13.2. The number of aromatic nitrogens is 1. The zero-order chi connectivity index (χ0) is 26.9. The topological polar surface area (TPSA) is 102 Å². The van der Waals surface area contributed by atoms with Gasteiger partial charge in [0.25, 0.3) is 5.91 Å². The van der Waals surface area contributed by atoms with Gasteiger partial charge in [0.1, 0.15) is 28.8 Å². The maximum Gasteiger partial charge on any atom is 0.319 e. The molecule has 202 valence electrons. The number of nitrogens with zero attached hydrogens (tertiary/aromatic N) is 1. The Morgan fingerprint density at radius 2 is 1.71 bits per heavy atom. The van der Waals surface area contributed by atoms with Crippen molar-refractivity contribution in [2.24, 2.45) is 0 Å². The molecule has 0 saturated heterocycles. The number of amides is 3. The van der Waals surface area contributed by atoms with E-state index in [1.165, 1.54) is 16.9 Å². The SMILES string of the molecule is CCOc1ccccc1NC(=O)NC1CCCCC1NC(=O)c1csc(COc2ccc(C(C)C)cc2)n1. The third kappa shape index (κ3) is 7.47. The zero-order valence-corrected chi connectivity index (χ0v) is 23.0. The van der Waals surface area contributed by atoms with Gasteiger partial charge in [0.2, 0.25) is 0 Å². The lowest BCUT2D eigenvalue weighted by Gasteiger charge is -2.32. The molecular weight excluding hydrogens is 500 g/mol. The van der Waals surface area contributed by atoms with Crippen LogP contribution in [0.4, 0.5) is 10.5 Å². The number of rotatable bonds is 10. The molecule has 0 spiro atoms. The van der Waals surface area contributed by atoms with Gasteiger partial charge in [0.05, 0.1) is 18.3 Å². The monoisotopic (exact) mass is 536 g/mol. The molecule has 2 aromatic carbocycles. The van der Waals surface area contributed by atoms with Gasteiger partial charge in [-0.05, 0) is 55.5 Å². The number of hydrogen-bond acceptors (Lipinski definition) is 6. The van der Waals surface area contributed by atoms with E-state index in [4.69, 9.17) is 9.47 Å². The van der Waals surface area contributed by atoms with E-state index in [-0.39, 0.29) is 24.0 Å². The minimum absolute atomic E-state index is 0.176. The lowest BCUT2D eigenvalue weighted by Crippen LogP contribution is -2.54. The van der Waals surface area contributed by atoms with Crippen LogP contribution in [0, 0.1) is 0 Å². The van der Waals surface area contributed by atoms with Crippen molar-refractivity contribution in [1.82, 2.24) is 15.6 Å². The van der Waals surface area contributed by atoms with Crippen molar-refractivity contribution in [3.63, 3.8) is 0 Å². The van der Waals surface area contributed by atoms with Gasteiger partial charge >= 0.3 is 6.03 Å². The highest BCUT2D eigenvalue weighted by Crippen LogP contribution is 2.25. The van der Waals surface area contributed by atoms with Crippen LogP contribution < -0.4 is 25.4 Å². The molecule has 0 radical (unpaired) electrons. The number of para-hydroxylation sites is 2. The molecule has 1 aliphatic rings. The molecule has 9 heteroatoms. The number of anilines is 1. The number of hydrogen-bond donors (Lipinski definition) is 3. The fourth-order valence-corrected chi connectivity index (χ4v) is 5.16. The summed E-state index contributed by atoms with van der Waals surface area (Å²) in [7, 11) is 0. The summed E-state index contributed by atoms with van der Waals surface area (Å²) in [6.07, 6.45) is 3.56. The number of thiazole rings is 1. The van der Waals surface area contributed by atoms with E-state index in [0.29, 0.717) is 36.3 Å². The molecule has 1 aliphatic carbocycles. The molecule has 8 nitrogen and oxygen atoms in total. The summed E-state index contributed by atoms with van der Waals surface area (Å²) in [5.74, 6) is 1.62. The molecule has 38 heavy (non-hydrogen) atoms. The maximum atomic E-state index is 13.0. The van der Waals surface area contributed by atoms with Crippen molar-refractivity contribution >= 4 is 29.0 Å². The Morgan fingerprint density at radius 1 is 1.00 bits per heavy atom. The minimum atomic E-state index is -0.321. The summed E-state index contributed by atoms with van der Waals surface area (Å²) in [5.41, 5.74) is 2.23. The van der Waals surface area contributed by atoms with E-state index in [1.807, 2.05) is 37.3 Å². The van der Waals surface area contributed by atoms with Crippen LogP contribution in [0.2, 0.25) is 0 Å². The van der Waals surface area contributed by atoms with Crippen LogP contribution in [0.5, 0.6) is 11.5 Å². The molecule has 1 heterocycles. The number of carbonyl (C=O) groups excluding carboxylic acids is 2. The molecule has 3 N–H and O–H groups in total. The maximum absolute atomic E-state index is 13.0. The van der Waals surface area contributed by atoms with Gasteiger partial charge in [-0.15, -0.1) is 11.3 Å². The minimum Gasteiger partial charge on any atom is -0.492 e. The number of urea groups is 1. The summed E-state index contributed by atoms with van der Waals surface area (Å²) in [4.78, 5) is 30.2. The number of nitrogens with one attached hydrogen (secondary N) is 3. The van der Waals surface area contributed by atoms with Crippen LogP contribution in [0.3, 0.4) is 0 Å². The van der Waals surface area contributed by atoms with Crippen LogP contribution in [-0.4, -0.2) is 35.6 Å². The van der Waals surface area contributed by atoms with Crippen LogP contribution in [-0.2, 0) is 6.61 Å². The number of benzene rings is 2. The van der Waals surface area contributed by atoms with Crippen molar-refractivity contribution in [3.8, 4) is 11.5 Å². The van der Waals surface area contributed by atoms with Crippen molar-refractivity contribution in [2.45, 2.75) is 71.1 Å². The Balaban J connectivity index is 1.30. The summed E-state index contributed by atoms with van der Waals surface area (Å²) >= 11 is 1.40. The quantitative estimate of drug-likeness (QED) is 0.290. The third-order valence-corrected chi connectivity index (χ3v) is 7.35. The predicted molar refractivity (Wildman–Crippen MR) is 150 cm³/mol. The van der Waals surface area contributed by atoms with Crippen molar-refractivity contribution in [1.29, 1.82) is 0 Å². The highest BCUT2D eigenvalue weighted by atomic mass is 32.1. The Morgan fingerprint density at radius 3 is 2.42 bits per heavy atom. The van der Waals surface area contributed by atoms with Crippen molar-refractivity contribution in [3.05, 3.63) is 70.2 Å². The predicted octanol–water partition coefficient (Wildman–Crippen LogP) is 6.11. The van der Waals surface area contributed by atoms with Gasteiger partial charge < -0.3 is 25.4 Å². The van der Waals surface area contributed by atoms with Gasteiger partial charge in [0.15, 0.2) is 0 Å². The first kappa shape index (κ1) is 27.4. The molecule has 4 rings (SSSR count). The molecule has 0 bridgehead atoms. The summed E-state index contributed by atoms with van der Waals surface area (Å²) < 4.78 is 11.4. The van der Waals surface area contributed by atoms with E-state index in [1.54, 1.807) is 11.4 Å². The molecule has 2 atom stereocenters. The van der Waals surface area contributed by atoms with Gasteiger partial charge in [-0.1, -0.05) is 51.0 Å². The molecule has 1 saturated carbocycles. The third-order valence-electron chi connectivity index (χ3n) is 6.53. The summed E-state index contributed by atoms with van der Waals surface area (Å²) in [5, 5.41) is 11.5. The fraction of sp³-hybridized carbons (Fsp3) is 0.414. The average Bonchev–Trinajstić information content (AvgIpc) is 3.39. The second-order valence-corrected chi connectivity index (χ2v) is 10.6. The molecule has 3 amide bonds. The molecular formula is C29H36N4O4S. The Kier molecular flexibility index (Phi) is 9.59. The Hall–Kier alpha value is -3.59. The van der Waals surface area contributed by atoms with Crippen LogP contribution in [0.15, 0.2) is 53.9 Å². The van der Waals surface area contributed by atoms with E-state index in [2.05, 4.69) is 46.9 Å². The molecule has 1 aromatic heterocycles. The number of ether oxygens (including phenoxy) is 2. The second-order valence-electron chi connectivity index (χ2n) is 9.64. The average molecular weight is 537 g/mol. The first-order chi connectivity index (χ1) is 18.4. The zero-order valence-electron chi connectivity index (χ0n) is 22.2. The number of carbonyl (C=O) groups is 2. The highest BCUT2D eigenvalue weighted by Gasteiger charge is 2.29. The van der Waals surface area contributed by atoms with Gasteiger partial charge in [0, 0.05) is 11.4 Å². The highest BCUT2D eigenvalue weighted by molar-refractivity contribution is 7.09. The summed E-state index contributed by atoms with van der Waals surface area (Å²) in [6.45, 7) is 7.02. The van der Waals surface area contributed by atoms with Crippen molar-refractivity contribution < 1.29 is 19.1 Å². The molecule has 3 aromatic rings. The van der Waals surface area contributed by atoms with E-state index in [9.17, 15) is 9.59 Å². The van der Waals surface area contributed by atoms with E-state index >= 15 is 0 Å². The molecule has 0 aliphatic heterocycles. The lowest BCUT2D eigenvalue weighted by atomic mass is 9.90. The largest absolute Gasteiger partial charge is 0.492 e. The van der Waals surface area contributed by atoms with Crippen LogP contribution in [0.25, 0.3) is 0 Å². The first-order valence-corrected chi connectivity index (χ1v) is 14.1. The normalized spacial score (nSPS) is 17.1. The standard InChI is InChI=1S/C29H36N4O4S/c1-4-36-26-12-8-7-11-24(26)33-29(35)32-23-10-6-5-9-22(23)31-28(34)25-18-38-27(30-25)17-37-21-15-13-20(14-16-21)19(2)3/h7-8,11-16,18-19,22-23H,4-6,9-10,17H2,1-3H3,(H,31,34)(H2,32,33,35). The van der Waals surface area contributed by atoms with Gasteiger partial charge in [-0.2, -0.15) is 0 Å².